The number of hydrogen-bond donors (Lipinski definition) is 2. The summed E-state index contributed by atoms with van der Waals surface area (Å²) in [6.07, 6.45) is 0. The Morgan fingerprint density at radius 1 is 1.35 bits per heavy atom. The lowest BCUT2D eigenvalue weighted by atomic mass is 9.97. The molecule has 0 fully saturated rings. The number of nitrogens with one attached hydrogen (secondary N) is 2. The van der Waals surface area contributed by atoms with Gasteiger partial charge in [-0.15, -0.1) is 0 Å². The summed E-state index contributed by atoms with van der Waals surface area (Å²) < 4.78 is 10.9. The summed E-state index contributed by atoms with van der Waals surface area (Å²) in [5, 5.41) is 10.4. The molecule has 0 saturated carbocycles. The molecule has 0 saturated heterocycles. The lowest BCUT2D eigenvalue weighted by molar-refractivity contribution is 0.318. The van der Waals surface area contributed by atoms with Crippen LogP contribution in [0.4, 0.5) is 0 Å². The summed E-state index contributed by atoms with van der Waals surface area (Å²) in [4.78, 5) is 8.58. The van der Waals surface area contributed by atoms with Crippen molar-refractivity contribution in [2.24, 2.45) is 4.99 Å². The van der Waals surface area contributed by atoms with Gasteiger partial charge >= 0.3 is 0 Å². The summed E-state index contributed by atoms with van der Waals surface area (Å²) >= 11 is 0. The van der Waals surface area contributed by atoms with Gasteiger partial charge in [0.05, 0.1) is 12.6 Å². The molecule has 7 heteroatoms. The highest BCUT2D eigenvalue weighted by molar-refractivity contribution is 5.79. The van der Waals surface area contributed by atoms with Crippen LogP contribution in [0, 0.1) is 6.92 Å². The first-order valence-electron chi connectivity index (χ1n) is 7.66. The van der Waals surface area contributed by atoms with Gasteiger partial charge in [0.2, 0.25) is 5.89 Å². The fourth-order valence-corrected chi connectivity index (χ4v) is 1.95. The lowest BCUT2D eigenvalue weighted by Crippen LogP contribution is -2.38. The molecule has 2 aromatic rings. The molecule has 2 aromatic heterocycles. The van der Waals surface area contributed by atoms with Crippen LogP contribution >= 0.6 is 0 Å². The van der Waals surface area contributed by atoms with Gasteiger partial charge in [0, 0.05) is 12.5 Å². The second-order valence-electron chi connectivity index (χ2n) is 6.51. The van der Waals surface area contributed by atoms with Crippen LogP contribution in [0.1, 0.15) is 57.0 Å². The number of nitrogens with zero attached hydrogens (tertiary/aromatic N) is 3. The van der Waals surface area contributed by atoms with Gasteiger partial charge in [-0.05, 0) is 26.0 Å². The fraction of sp³-hybridized carbons (Fsp3) is 0.562. The van der Waals surface area contributed by atoms with Crippen LogP contribution in [0.5, 0.6) is 0 Å². The summed E-state index contributed by atoms with van der Waals surface area (Å²) in [7, 11) is 1.71. The molecule has 2 N–H and O–H groups in total. The first-order valence-corrected chi connectivity index (χ1v) is 7.66. The molecule has 23 heavy (non-hydrogen) atoms. The maximum atomic E-state index is 5.61. The fourth-order valence-electron chi connectivity index (χ4n) is 1.95. The van der Waals surface area contributed by atoms with Crippen LogP contribution in [0.3, 0.4) is 0 Å². The number of aromatic nitrogens is 2. The summed E-state index contributed by atoms with van der Waals surface area (Å²) in [6.45, 7) is 10.5. The first-order chi connectivity index (χ1) is 10.8. The van der Waals surface area contributed by atoms with E-state index in [1.165, 1.54) is 0 Å². The predicted molar refractivity (Wildman–Crippen MR) is 88.2 cm³/mol. The van der Waals surface area contributed by atoms with Crippen molar-refractivity contribution in [3.63, 3.8) is 0 Å². The van der Waals surface area contributed by atoms with Crippen molar-refractivity contribution in [2.75, 3.05) is 7.05 Å². The molecule has 0 aliphatic heterocycles. The standard InChI is InChI=1S/C16H25N5O2/c1-10-7-8-12(22-10)11(2)19-15(17-6)18-9-13-20-14(23-21-13)16(3,4)5/h7-8,11H,9H2,1-6H3,(H2,17,18,19). The molecule has 0 amide bonds. The molecule has 7 nitrogen and oxygen atoms in total. The van der Waals surface area contributed by atoms with E-state index in [1.54, 1.807) is 7.05 Å². The Bertz CT molecular complexity index is 666. The minimum absolute atomic E-state index is 0.00491. The molecule has 0 spiro atoms. The molecule has 2 heterocycles. The Balaban J connectivity index is 1.91. The van der Waals surface area contributed by atoms with E-state index in [9.17, 15) is 0 Å². The zero-order chi connectivity index (χ0) is 17.0. The highest BCUT2D eigenvalue weighted by Gasteiger charge is 2.21. The Hall–Kier alpha value is -2.31. The van der Waals surface area contributed by atoms with E-state index in [4.69, 9.17) is 8.94 Å². The Morgan fingerprint density at radius 3 is 2.61 bits per heavy atom. The van der Waals surface area contributed by atoms with Crippen molar-refractivity contribution in [1.29, 1.82) is 0 Å². The van der Waals surface area contributed by atoms with Crippen LogP contribution in [0.15, 0.2) is 26.1 Å². The maximum Gasteiger partial charge on any atom is 0.232 e. The third kappa shape index (κ3) is 4.58. The molecule has 1 atom stereocenters. The zero-order valence-electron chi connectivity index (χ0n) is 14.6. The molecule has 1 unspecified atom stereocenters. The number of rotatable bonds is 4. The van der Waals surface area contributed by atoms with Crippen LogP contribution in [-0.2, 0) is 12.0 Å². The molecule has 0 aliphatic rings. The molecule has 0 aromatic carbocycles. The number of hydrogen-bond acceptors (Lipinski definition) is 5. The van der Waals surface area contributed by atoms with Crippen LogP contribution < -0.4 is 10.6 Å². The van der Waals surface area contributed by atoms with E-state index in [0.29, 0.717) is 24.2 Å². The zero-order valence-corrected chi connectivity index (χ0v) is 14.6. The van der Waals surface area contributed by atoms with E-state index in [-0.39, 0.29) is 11.5 Å². The van der Waals surface area contributed by atoms with Gasteiger partial charge in [0.15, 0.2) is 11.8 Å². The highest BCUT2D eigenvalue weighted by atomic mass is 16.5. The second-order valence-corrected chi connectivity index (χ2v) is 6.51. The smallest absolute Gasteiger partial charge is 0.232 e. The highest BCUT2D eigenvalue weighted by Crippen LogP contribution is 2.19. The molecule has 0 aliphatic carbocycles. The normalized spacial score (nSPS) is 13.9. The van der Waals surface area contributed by atoms with Crippen LogP contribution in [0.25, 0.3) is 0 Å². The van der Waals surface area contributed by atoms with E-state index >= 15 is 0 Å². The van der Waals surface area contributed by atoms with Crippen molar-refractivity contribution >= 4 is 5.96 Å². The molecular formula is C16H25N5O2. The number of aliphatic imine (C=N–C) groups is 1. The van der Waals surface area contributed by atoms with Gasteiger partial charge in [-0.1, -0.05) is 25.9 Å². The van der Waals surface area contributed by atoms with E-state index in [1.807, 2.05) is 46.8 Å². The van der Waals surface area contributed by atoms with Crippen molar-refractivity contribution in [3.05, 3.63) is 35.4 Å². The van der Waals surface area contributed by atoms with Crippen LogP contribution in [-0.4, -0.2) is 23.1 Å². The molecule has 0 radical (unpaired) electrons. The minimum atomic E-state index is -0.156. The topological polar surface area (TPSA) is 88.5 Å². The van der Waals surface area contributed by atoms with E-state index in [2.05, 4.69) is 25.8 Å². The number of furan rings is 1. The second kappa shape index (κ2) is 6.85. The SMILES string of the molecule is CN=C(NCc1noc(C(C)(C)C)n1)NC(C)c1ccc(C)o1. The molecule has 0 bridgehead atoms. The van der Waals surface area contributed by atoms with Gasteiger partial charge in [0.1, 0.15) is 11.5 Å². The largest absolute Gasteiger partial charge is 0.464 e. The average Bonchev–Trinajstić information content (AvgIpc) is 3.11. The third-order valence-corrected chi connectivity index (χ3v) is 3.29. The molecular weight excluding hydrogens is 294 g/mol. The quantitative estimate of drug-likeness (QED) is 0.665. The van der Waals surface area contributed by atoms with Gasteiger partial charge in [-0.2, -0.15) is 4.98 Å². The molecule has 126 valence electrons. The summed E-state index contributed by atoms with van der Waals surface area (Å²) in [6, 6.07) is 3.90. The first kappa shape index (κ1) is 17.1. The number of guanidine groups is 1. The predicted octanol–water partition coefficient (Wildman–Crippen LogP) is 2.69. The summed E-state index contributed by atoms with van der Waals surface area (Å²) in [5.41, 5.74) is -0.156. The average molecular weight is 319 g/mol. The van der Waals surface area contributed by atoms with Crippen LogP contribution in [0.2, 0.25) is 0 Å². The van der Waals surface area contributed by atoms with E-state index in [0.717, 1.165) is 11.5 Å². The lowest BCUT2D eigenvalue weighted by Gasteiger charge is -2.15. The van der Waals surface area contributed by atoms with Gasteiger partial charge in [-0.25, -0.2) is 0 Å². The molecule has 2 rings (SSSR count). The summed E-state index contributed by atoms with van der Waals surface area (Å²) in [5.74, 6) is 3.61. The van der Waals surface area contributed by atoms with Gasteiger partial charge in [-0.3, -0.25) is 4.99 Å². The monoisotopic (exact) mass is 319 g/mol. The third-order valence-electron chi connectivity index (χ3n) is 3.29. The van der Waals surface area contributed by atoms with Gasteiger partial charge in [0.25, 0.3) is 0 Å². The maximum absolute atomic E-state index is 5.61. The van der Waals surface area contributed by atoms with E-state index < -0.39 is 0 Å². The Morgan fingerprint density at radius 2 is 2.09 bits per heavy atom. The number of aryl methyl sites for hydroxylation is 1. The van der Waals surface area contributed by atoms with Crippen molar-refractivity contribution < 1.29 is 8.94 Å². The Kier molecular flexibility index (Phi) is 5.08. The van der Waals surface area contributed by atoms with Crippen molar-refractivity contribution in [2.45, 2.75) is 52.6 Å². The van der Waals surface area contributed by atoms with Gasteiger partial charge < -0.3 is 19.6 Å². The van der Waals surface area contributed by atoms with Crippen molar-refractivity contribution in [3.8, 4) is 0 Å². The van der Waals surface area contributed by atoms with Crippen molar-refractivity contribution in [1.82, 2.24) is 20.8 Å². The minimum Gasteiger partial charge on any atom is -0.464 e. The Labute approximate surface area is 136 Å².